The number of aromatic amines is 1. The molecule has 1 aliphatic rings. The Labute approximate surface area is 195 Å². The Bertz CT molecular complexity index is 1350. The molecule has 0 atom stereocenters. The summed E-state index contributed by atoms with van der Waals surface area (Å²) in [5, 5.41) is 12.8. The molecule has 0 bridgehead atoms. The molecule has 1 aliphatic carbocycles. The number of aryl methyl sites for hydroxylation is 1. The Morgan fingerprint density at radius 2 is 2.12 bits per heavy atom. The van der Waals surface area contributed by atoms with E-state index in [2.05, 4.69) is 30.2 Å². The highest BCUT2D eigenvalue weighted by molar-refractivity contribution is 5.93. The first-order chi connectivity index (χ1) is 16.5. The van der Waals surface area contributed by atoms with E-state index < -0.39 is 5.82 Å². The Balaban J connectivity index is 0.000000166. The number of rotatable bonds is 3. The summed E-state index contributed by atoms with van der Waals surface area (Å²) in [7, 11) is 1.87. The maximum atomic E-state index is 13.3. The molecule has 0 radical (unpaired) electrons. The Kier molecular flexibility index (Phi) is 6.77. The second kappa shape index (κ2) is 10.1. The van der Waals surface area contributed by atoms with Crippen LogP contribution in [-0.4, -0.2) is 41.4 Å². The fourth-order valence-electron chi connectivity index (χ4n) is 3.89. The number of imidazole rings is 1. The topological polar surface area (TPSA) is 151 Å². The molecule has 0 spiro atoms. The highest BCUT2D eigenvalue weighted by Gasteiger charge is 2.18. The number of H-pyrrole nitrogens is 1. The molecule has 0 aromatic carbocycles. The summed E-state index contributed by atoms with van der Waals surface area (Å²) in [6.07, 6.45) is 14.0. The van der Waals surface area contributed by atoms with Crippen LogP contribution in [0.1, 0.15) is 48.2 Å². The number of carbonyl (C=O) groups excluding carboxylic acids is 1. The number of nitrogen functional groups attached to an aromatic ring is 1. The predicted octanol–water partition coefficient (Wildman–Crippen LogP) is 3.10. The van der Waals surface area contributed by atoms with Gasteiger partial charge in [-0.25, -0.2) is 24.3 Å². The van der Waals surface area contributed by atoms with E-state index >= 15 is 0 Å². The molecular formula is C23H24FN9O. The molecule has 4 aromatic rings. The zero-order valence-electron chi connectivity index (χ0n) is 18.6. The Morgan fingerprint density at radius 3 is 2.82 bits per heavy atom. The van der Waals surface area contributed by atoms with Crippen molar-refractivity contribution in [1.82, 2.24) is 34.8 Å². The van der Waals surface area contributed by atoms with Gasteiger partial charge in [-0.2, -0.15) is 5.26 Å². The van der Waals surface area contributed by atoms with Crippen molar-refractivity contribution in [3.8, 4) is 17.3 Å². The van der Waals surface area contributed by atoms with Crippen LogP contribution >= 0.6 is 0 Å². The van der Waals surface area contributed by atoms with Crippen molar-refractivity contribution in [2.45, 2.75) is 38.1 Å². The van der Waals surface area contributed by atoms with Crippen LogP contribution in [0.3, 0.4) is 0 Å². The average molecular weight is 462 g/mol. The molecule has 5 rings (SSSR count). The van der Waals surface area contributed by atoms with Crippen molar-refractivity contribution >= 4 is 22.8 Å². The molecule has 174 valence electrons. The van der Waals surface area contributed by atoms with Crippen LogP contribution in [0.25, 0.3) is 22.3 Å². The lowest BCUT2D eigenvalue weighted by Crippen LogP contribution is -2.36. The third-order valence-corrected chi connectivity index (χ3v) is 5.61. The van der Waals surface area contributed by atoms with Crippen LogP contribution in [0.15, 0.2) is 37.3 Å². The summed E-state index contributed by atoms with van der Waals surface area (Å²) < 4.78 is 15.1. The monoisotopic (exact) mass is 461 g/mol. The second-order valence-corrected chi connectivity index (χ2v) is 8.08. The molecule has 1 saturated carbocycles. The zero-order valence-corrected chi connectivity index (χ0v) is 18.6. The maximum absolute atomic E-state index is 13.3. The largest absolute Gasteiger partial charge is 0.381 e. The van der Waals surface area contributed by atoms with Gasteiger partial charge < -0.3 is 20.6 Å². The van der Waals surface area contributed by atoms with E-state index in [0.29, 0.717) is 34.0 Å². The molecule has 0 unspecified atom stereocenters. The highest BCUT2D eigenvalue weighted by atomic mass is 19.1. The molecular weight excluding hydrogens is 437 g/mol. The van der Waals surface area contributed by atoms with Crippen molar-refractivity contribution in [3.63, 3.8) is 0 Å². The van der Waals surface area contributed by atoms with Gasteiger partial charge in [-0.1, -0.05) is 19.3 Å². The van der Waals surface area contributed by atoms with Crippen LogP contribution in [-0.2, 0) is 7.05 Å². The fourth-order valence-corrected chi connectivity index (χ4v) is 3.89. The van der Waals surface area contributed by atoms with Gasteiger partial charge in [0.15, 0.2) is 11.6 Å². The van der Waals surface area contributed by atoms with E-state index in [1.165, 1.54) is 25.6 Å². The number of anilines is 1. The summed E-state index contributed by atoms with van der Waals surface area (Å²) in [4.78, 5) is 30.6. The third-order valence-electron chi connectivity index (χ3n) is 5.61. The molecule has 1 fully saturated rings. The number of carbonyl (C=O) groups is 1. The van der Waals surface area contributed by atoms with Crippen LogP contribution in [0.5, 0.6) is 0 Å². The quantitative estimate of drug-likeness (QED) is 0.424. The number of pyridine rings is 1. The number of nitrogens with one attached hydrogen (secondary N) is 2. The van der Waals surface area contributed by atoms with Gasteiger partial charge in [-0.05, 0) is 18.9 Å². The van der Waals surface area contributed by atoms with Crippen LogP contribution < -0.4 is 11.1 Å². The van der Waals surface area contributed by atoms with Crippen LogP contribution in [0.2, 0.25) is 0 Å². The normalized spacial score (nSPS) is 13.7. The summed E-state index contributed by atoms with van der Waals surface area (Å²) >= 11 is 0. The predicted molar refractivity (Wildman–Crippen MR) is 124 cm³/mol. The number of halogens is 1. The first-order valence-electron chi connectivity index (χ1n) is 10.9. The van der Waals surface area contributed by atoms with Crippen LogP contribution in [0, 0.1) is 17.1 Å². The molecule has 4 aromatic heterocycles. The van der Waals surface area contributed by atoms with E-state index in [0.717, 1.165) is 18.9 Å². The van der Waals surface area contributed by atoms with Crippen LogP contribution in [0.4, 0.5) is 10.2 Å². The number of hydrogen-bond acceptors (Lipinski definition) is 7. The van der Waals surface area contributed by atoms with Gasteiger partial charge in [-0.3, -0.25) is 4.79 Å². The highest BCUT2D eigenvalue weighted by Crippen LogP contribution is 2.29. The van der Waals surface area contributed by atoms with Crippen molar-refractivity contribution in [3.05, 3.63) is 54.4 Å². The maximum Gasteiger partial charge on any atom is 0.271 e. The number of amides is 1. The number of nitrogens with two attached hydrogens (primary N) is 1. The van der Waals surface area contributed by atoms with E-state index in [1.54, 1.807) is 29.5 Å². The van der Waals surface area contributed by atoms with Crippen molar-refractivity contribution in [2.24, 2.45) is 7.05 Å². The van der Waals surface area contributed by atoms with Gasteiger partial charge in [0.05, 0.1) is 17.6 Å². The van der Waals surface area contributed by atoms with Gasteiger partial charge in [0, 0.05) is 42.6 Å². The molecule has 10 nitrogen and oxygen atoms in total. The zero-order chi connectivity index (χ0) is 24.1. The molecule has 4 heterocycles. The third kappa shape index (κ3) is 5.01. The van der Waals surface area contributed by atoms with Crippen molar-refractivity contribution in [1.29, 1.82) is 5.26 Å². The number of fused-ring (bicyclic) bond motifs is 1. The van der Waals surface area contributed by atoms with Gasteiger partial charge >= 0.3 is 0 Å². The average Bonchev–Trinajstić information content (AvgIpc) is 3.48. The molecule has 4 N–H and O–H groups in total. The van der Waals surface area contributed by atoms with E-state index in [9.17, 15) is 9.18 Å². The Morgan fingerprint density at radius 1 is 1.32 bits per heavy atom. The van der Waals surface area contributed by atoms with Crippen molar-refractivity contribution < 1.29 is 9.18 Å². The number of hydrogen-bond donors (Lipinski definition) is 3. The number of nitriles is 1. The van der Waals surface area contributed by atoms with Crippen molar-refractivity contribution in [2.75, 3.05) is 5.73 Å². The molecule has 11 heteroatoms. The van der Waals surface area contributed by atoms with E-state index in [-0.39, 0.29) is 17.3 Å². The summed E-state index contributed by atoms with van der Waals surface area (Å²) in [5.74, 6) is -1.00. The minimum atomic E-state index is -0.712. The van der Waals surface area contributed by atoms with E-state index in [1.807, 2.05) is 13.1 Å². The molecule has 34 heavy (non-hydrogen) atoms. The molecule has 0 saturated heterocycles. The first kappa shape index (κ1) is 22.8. The summed E-state index contributed by atoms with van der Waals surface area (Å²) in [6.45, 7) is 0. The molecule has 1 amide bonds. The Hall–Kier alpha value is -4.33. The van der Waals surface area contributed by atoms with Gasteiger partial charge in [-0.15, -0.1) is 0 Å². The minimum Gasteiger partial charge on any atom is -0.381 e. The lowest BCUT2D eigenvalue weighted by atomic mass is 9.95. The number of aromatic nitrogens is 6. The fraction of sp³-hybridized carbons (Fsp3) is 0.304. The van der Waals surface area contributed by atoms with E-state index in [4.69, 9.17) is 11.0 Å². The smallest absolute Gasteiger partial charge is 0.271 e. The standard InChI is InChI=1S/C12H7FN6.C11H17N3O/c13-9-1-6(2-14)10(19-11(9)15)7-4-17-12-8(7)3-16-5-18-12;1-14-7-10(12-8-14)11(15)13-9-5-3-2-4-6-9/h1,3-5H,(H2,15,19)(H,16,17,18);7-9H,2-6H2,1H3,(H,13,15). The first-order valence-corrected chi connectivity index (χ1v) is 10.9. The lowest BCUT2D eigenvalue weighted by molar-refractivity contribution is 0.0923. The second-order valence-electron chi connectivity index (χ2n) is 8.08. The molecule has 0 aliphatic heterocycles. The SMILES string of the molecule is Cn1cnc(C(=O)NC2CCCCC2)c1.N#Cc1cc(F)c(N)nc1-c1c[nH]c2ncncc12. The minimum absolute atomic E-state index is 0.0394. The van der Waals surface area contributed by atoms with Gasteiger partial charge in [0.25, 0.3) is 5.91 Å². The number of nitrogens with zero attached hydrogens (tertiary/aromatic N) is 6. The van der Waals surface area contributed by atoms with Gasteiger partial charge in [0.1, 0.15) is 23.7 Å². The lowest BCUT2D eigenvalue weighted by Gasteiger charge is -2.22. The summed E-state index contributed by atoms with van der Waals surface area (Å²) in [5.41, 5.74) is 7.61. The van der Waals surface area contributed by atoms with Gasteiger partial charge in [0.2, 0.25) is 0 Å². The summed E-state index contributed by atoms with van der Waals surface area (Å²) in [6, 6.07) is 3.33.